The van der Waals surface area contributed by atoms with Crippen LogP contribution in [0.4, 0.5) is 0 Å². The van der Waals surface area contributed by atoms with Crippen LogP contribution in [0, 0.1) is 17.8 Å². The molecule has 1 aliphatic carbocycles. The second-order valence-corrected chi connectivity index (χ2v) is 4.60. The van der Waals surface area contributed by atoms with Gasteiger partial charge in [-0.15, -0.1) is 0 Å². The van der Waals surface area contributed by atoms with Gasteiger partial charge in [0.05, 0.1) is 0 Å². The van der Waals surface area contributed by atoms with Gasteiger partial charge >= 0.3 is 0 Å². The Morgan fingerprint density at radius 1 is 1.27 bits per heavy atom. The molecule has 1 heteroatoms. The summed E-state index contributed by atoms with van der Waals surface area (Å²) in [6.45, 7) is 6.04. The molecule has 0 aromatic heterocycles. The molecule has 0 aromatic rings. The van der Waals surface area contributed by atoms with Gasteiger partial charge < -0.3 is 5.32 Å². The van der Waals surface area contributed by atoms with Gasteiger partial charge in [-0.3, -0.25) is 0 Å². The van der Waals surface area contributed by atoms with Gasteiger partial charge in [-0.2, -0.15) is 0 Å². The molecule has 0 spiro atoms. The van der Waals surface area contributed by atoms with Gasteiger partial charge in [0.15, 0.2) is 0 Å². The summed E-state index contributed by atoms with van der Waals surface area (Å²) >= 11 is 0. The highest BCUT2D eigenvalue weighted by molar-refractivity contribution is 4.92. The van der Waals surface area contributed by atoms with Gasteiger partial charge in [0.25, 0.3) is 0 Å². The fourth-order valence-corrected chi connectivity index (χ4v) is 2.79. The van der Waals surface area contributed by atoms with Crippen LogP contribution in [0.3, 0.4) is 0 Å². The van der Waals surface area contributed by atoms with Gasteiger partial charge in [-0.25, -0.2) is 0 Å². The van der Waals surface area contributed by atoms with Crippen LogP contribution < -0.4 is 5.32 Å². The molecule has 0 radical (unpaired) electrons. The summed E-state index contributed by atoms with van der Waals surface area (Å²) in [5, 5.41) is 3.65. The van der Waals surface area contributed by atoms with E-state index >= 15 is 0 Å². The molecule has 2 saturated heterocycles. The van der Waals surface area contributed by atoms with E-state index in [0.717, 1.165) is 23.8 Å². The predicted molar refractivity (Wildman–Crippen MR) is 47.5 cm³/mol. The van der Waals surface area contributed by atoms with Gasteiger partial charge in [-0.05, 0) is 43.6 Å². The van der Waals surface area contributed by atoms with Crippen molar-refractivity contribution in [1.29, 1.82) is 0 Å². The first-order valence-electron chi connectivity index (χ1n) is 5.00. The molecule has 0 aromatic carbocycles. The Hall–Kier alpha value is -0.0400. The van der Waals surface area contributed by atoms with Crippen LogP contribution in [0.1, 0.15) is 33.1 Å². The fraction of sp³-hybridized carbons (Fsp3) is 1.00. The smallest absolute Gasteiger partial charge is 0.00981 e. The molecule has 1 saturated carbocycles. The molecule has 3 aliphatic rings. The van der Waals surface area contributed by atoms with E-state index in [4.69, 9.17) is 0 Å². The van der Waals surface area contributed by atoms with Crippen molar-refractivity contribution in [3.8, 4) is 0 Å². The summed E-state index contributed by atoms with van der Waals surface area (Å²) in [5.41, 5.74) is 0. The number of hydrogen-bond donors (Lipinski definition) is 1. The SMILES string of the molecule is CC(C)C1CC2CCC1NC2. The third-order valence-corrected chi connectivity index (χ3v) is 3.53. The molecule has 2 heterocycles. The first-order chi connectivity index (χ1) is 5.27. The highest BCUT2D eigenvalue weighted by Crippen LogP contribution is 2.37. The van der Waals surface area contributed by atoms with Crippen molar-refractivity contribution in [2.24, 2.45) is 17.8 Å². The Labute approximate surface area is 69.6 Å². The Morgan fingerprint density at radius 2 is 2.09 bits per heavy atom. The van der Waals surface area contributed by atoms with E-state index in [1.165, 1.54) is 25.8 Å². The van der Waals surface area contributed by atoms with Gasteiger partial charge in [0, 0.05) is 6.04 Å². The molecule has 64 valence electrons. The predicted octanol–water partition coefficient (Wildman–Crippen LogP) is 2.03. The minimum atomic E-state index is 0.861. The molecule has 3 unspecified atom stereocenters. The third-order valence-electron chi connectivity index (χ3n) is 3.53. The minimum Gasteiger partial charge on any atom is -0.313 e. The van der Waals surface area contributed by atoms with Gasteiger partial charge in [-0.1, -0.05) is 13.8 Å². The first-order valence-corrected chi connectivity index (χ1v) is 5.00. The average molecular weight is 153 g/mol. The van der Waals surface area contributed by atoms with Crippen LogP contribution >= 0.6 is 0 Å². The van der Waals surface area contributed by atoms with Crippen molar-refractivity contribution in [3.05, 3.63) is 0 Å². The molecule has 1 N–H and O–H groups in total. The average Bonchev–Trinajstić information content (AvgIpc) is 2.06. The summed E-state index contributed by atoms with van der Waals surface area (Å²) in [5.74, 6) is 2.87. The molecular formula is C10H19N. The van der Waals surface area contributed by atoms with E-state index in [0.29, 0.717) is 0 Å². The number of nitrogens with one attached hydrogen (secondary N) is 1. The molecule has 11 heavy (non-hydrogen) atoms. The molecule has 3 atom stereocenters. The van der Waals surface area contributed by atoms with Crippen molar-refractivity contribution in [2.45, 2.75) is 39.2 Å². The van der Waals surface area contributed by atoms with Crippen LogP contribution in [-0.4, -0.2) is 12.6 Å². The van der Waals surface area contributed by atoms with Crippen molar-refractivity contribution < 1.29 is 0 Å². The first kappa shape index (κ1) is 7.60. The van der Waals surface area contributed by atoms with E-state index in [-0.39, 0.29) is 0 Å². The molecule has 0 amide bonds. The normalized spacial score (nSPS) is 43.4. The molecular weight excluding hydrogens is 134 g/mol. The number of piperidine rings is 2. The van der Waals surface area contributed by atoms with Gasteiger partial charge in [0.1, 0.15) is 0 Å². The topological polar surface area (TPSA) is 12.0 Å². The van der Waals surface area contributed by atoms with Crippen molar-refractivity contribution in [1.82, 2.24) is 5.32 Å². The van der Waals surface area contributed by atoms with Crippen molar-refractivity contribution in [2.75, 3.05) is 6.54 Å². The Kier molecular flexibility index (Phi) is 1.92. The second kappa shape index (κ2) is 2.78. The lowest BCUT2D eigenvalue weighted by Gasteiger charge is -2.45. The fourth-order valence-electron chi connectivity index (χ4n) is 2.79. The molecule has 1 nitrogen and oxygen atoms in total. The van der Waals surface area contributed by atoms with Crippen molar-refractivity contribution in [3.63, 3.8) is 0 Å². The van der Waals surface area contributed by atoms with Crippen LogP contribution in [-0.2, 0) is 0 Å². The summed E-state index contributed by atoms with van der Waals surface area (Å²) in [7, 11) is 0. The molecule has 2 bridgehead atoms. The lowest BCUT2D eigenvalue weighted by Crippen LogP contribution is -2.51. The number of fused-ring (bicyclic) bond motifs is 3. The van der Waals surface area contributed by atoms with Crippen LogP contribution in [0.5, 0.6) is 0 Å². The maximum atomic E-state index is 3.65. The quantitative estimate of drug-likeness (QED) is 0.608. The minimum absolute atomic E-state index is 0.861. The number of rotatable bonds is 1. The zero-order chi connectivity index (χ0) is 7.84. The second-order valence-electron chi connectivity index (χ2n) is 4.60. The Morgan fingerprint density at radius 3 is 2.36 bits per heavy atom. The van der Waals surface area contributed by atoms with Crippen LogP contribution in [0.2, 0.25) is 0 Å². The standard InChI is InChI=1S/C10H19N/c1-7(2)9-5-8-3-4-10(9)11-6-8/h7-11H,3-6H2,1-2H3. The van der Waals surface area contributed by atoms with Crippen molar-refractivity contribution >= 4 is 0 Å². The van der Waals surface area contributed by atoms with E-state index in [1.807, 2.05) is 0 Å². The summed E-state index contributed by atoms with van der Waals surface area (Å²) in [6.07, 6.45) is 4.42. The van der Waals surface area contributed by atoms with Crippen LogP contribution in [0.15, 0.2) is 0 Å². The zero-order valence-electron chi connectivity index (χ0n) is 7.64. The van der Waals surface area contributed by atoms with E-state index < -0.39 is 0 Å². The molecule has 3 fully saturated rings. The largest absolute Gasteiger partial charge is 0.313 e. The Balaban J connectivity index is 2.03. The third kappa shape index (κ3) is 1.31. The van der Waals surface area contributed by atoms with Crippen LogP contribution in [0.25, 0.3) is 0 Å². The molecule has 3 rings (SSSR count). The lowest BCUT2D eigenvalue weighted by atomic mass is 9.70. The van der Waals surface area contributed by atoms with E-state index in [1.54, 1.807) is 0 Å². The van der Waals surface area contributed by atoms with E-state index in [9.17, 15) is 0 Å². The summed E-state index contributed by atoms with van der Waals surface area (Å²) in [4.78, 5) is 0. The zero-order valence-corrected chi connectivity index (χ0v) is 7.64. The Bertz CT molecular complexity index is 134. The maximum Gasteiger partial charge on any atom is 0.00981 e. The molecule has 2 aliphatic heterocycles. The monoisotopic (exact) mass is 153 g/mol. The van der Waals surface area contributed by atoms with Gasteiger partial charge in [0.2, 0.25) is 0 Å². The van der Waals surface area contributed by atoms with E-state index in [2.05, 4.69) is 19.2 Å². The highest BCUT2D eigenvalue weighted by atomic mass is 15.0. The summed E-state index contributed by atoms with van der Waals surface area (Å²) < 4.78 is 0. The maximum absolute atomic E-state index is 3.65. The lowest BCUT2D eigenvalue weighted by molar-refractivity contribution is 0.105. The number of hydrogen-bond acceptors (Lipinski definition) is 1. The summed E-state index contributed by atoms with van der Waals surface area (Å²) in [6, 6.07) is 0.861. The highest BCUT2D eigenvalue weighted by Gasteiger charge is 2.36.